The molecule has 1 aromatic rings. The Morgan fingerprint density at radius 3 is 2.94 bits per heavy atom. The number of nitrogens with one attached hydrogen (secondary N) is 1. The summed E-state index contributed by atoms with van der Waals surface area (Å²) in [6.45, 7) is 1.11. The van der Waals surface area contributed by atoms with Gasteiger partial charge in [0.25, 0.3) is 0 Å². The first-order chi connectivity index (χ1) is 8.34. The van der Waals surface area contributed by atoms with Gasteiger partial charge in [-0.05, 0) is 12.0 Å². The molecule has 1 aliphatic heterocycles. The molecule has 0 saturated carbocycles. The Kier molecular flexibility index (Phi) is 4.33. The fraction of sp³-hybridized carbons (Fsp3) is 0.357. The van der Waals surface area contributed by atoms with Crippen LogP contribution in [0.1, 0.15) is 18.4 Å². The molecule has 0 fully saturated rings. The Hall–Kier alpha value is -1.61. The molecule has 0 aromatic heterocycles. The molecule has 1 heterocycles. The van der Waals surface area contributed by atoms with Gasteiger partial charge in [-0.1, -0.05) is 42.5 Å². The first kappa shape index (κ1) is 11.9. The van der Waals surface area contributed by atoms with E-state index in [1.807, 2.05) is 42.5 Å². The molecule has 0 unspecified atom stereocenters. The molecule has 1 N–H and O–H groups in total. The van der Waals surface area contributed by atoms with Crippen molar-refractivity contribution >= 4 is 5.91 Å². The molecule has 0 spiro atoms. The van der Waals surface area contributed by atoms with Crippen molar-refractivity contribution in [3.05, 3.63) is 48.0 Å². The topological polar surface area (TPSA) is 38.3 Å². The molecule has 0 aliphatic carbocycles. The number of carbonyl (C=O) groups excluding carboxylic acids is 1. The van der Waals surface area contributed by atoms with E-state index in [2.05, 4.69) is 5.32 Å². The minimum atomic E-state index is 0.00807. The molecule has 1 amide bonds. The van der Waals surface area contributed by atoms with Crippen molar-refractivity contribution in [2.45, 2.75) is 25.5 Å². The average Bonchev–Trinajstić information content (AvgIpc) is 2.55. The molecule has 1 atom stereocenters. The van der Waals surface area contributed by atoms with Crippen LogP contribution in [0.25, 0.3) is 0 Å². The Balaban J connectivity index is 1.76. The molecule has 0 saturated heterocycles. The number of amides is 1. The zero-order chi connectivity index (χ0) is 11.9. The van der Waals surface area contributed by atoms with Crippen LogP contribution in [0, 0.1) is 0 Å². The van der Waals surface area contributed by atoms with Crippen LogP contribution in [-0.4, -0.2) is 18.6 Å². The second-order valence-corrected chi connectivity index (χ2v) is 4.14. The summed E-state index contributed by atoms with van der Waals surface area (Å²) in [5, 5.41) is 2.91. The molecule has 2 rings (SSSR count). The summed E-state index contributed by atoms with van der Waals surface area (Å²) in [7, 11) is 0. The van der Waals surface area contributed by atoms with Crippen molar-refractivity contribution in [3.63, 3.8) is 0 Å². The van der Waals surface area contributed by atoms with Crippen LogP contribution in [0.5, 0.6) is 0 Å². The predicted octanol–water partition coefficient (Wildman–Crippen LogP) is 2.04. The van der Waals surface area contributed by atoms with Crippen molar-refractivity contribution < 1.29 is 9.53 Å². The van der Waals surface area contributed by atoms with E-state index in [1.54, 1.807) is 0 Å². The smallest absolute Gasteiger partial charge is 0.220 e. The summed E-state index contributed by atoms with van der Waals surface area (Å²) >= 11 is 0. The highest BCUT2D eigenvalue weighted by molar-refractivity contribution is 5.77. The number of rotatable bonds is 4. The van der Waals surface area contributed by atoms with E-state index in [0.717, 1.165) is 12.0 Å². The summed E-state index contributed by atoms with van der Waals surface area (Å²) in [5.74, 6) is 0.100. The van der Waals surface area contributed by atoms with Crippen LogP contribution in [0.4, 0.5) is 0 Å². The van der Waals surface area contributed by atoms with E-state index in [-0.39, 0.29) is 11.9 Å². The lowest BCUT2D eigenvalue weighted by molar-refractivity contribution is -0.121. The van der Waals surface area contributed by atoms with Crippen molar-refractivity contribution in [2.24, 2.45) is 0 Å². The minimum absolute atomic E-state index is 0.00807. The Bertz CT molecular complexity index is 386. The first-order valence-corrected chi connectivity index (χ1v) is 5.92. The third-order valence-corrected chi connectivity index (χ3v) is 2.66. The predicted molar refractivity (Wildman–Crippen MR) is 66.4 cm³/mol. The largest absolute Gasteiger partial charge is 0.374 e. The van der Waals surface area contributed by atoms with Gasteiger partial charge in [-0.25, -0.2) is 0 Å². The lowest BCUT2D eigenvalue weighted by Crippen LogP contribution is -2.35. The summed E-state index contributed by atoms with van der Waals surface area (Å²) in [6, 6.07) is 10.0. The van der Waals surface area contributed by atoms with Crippen LogP contribution in [-0.2, 0) is 16.1 Å². The van der Waals surface area contributed by atoms with Crippen LogP contribution in [0.15, 0.2) is 42.5 Å². The highest BCUT2D eigenvalue weighted by Crippen LogP contribution is 2.04. The lowest BCUT2D eigenvalue weighted by atomic mass is 10.2. The first-order valence-electron chi connectivity index (χ1n) is 5.92. The molecule has 1 aliphatic rings. The van der Waals surface area contributed by atoms with E-state index in [9.17, 15) is 4.79 Å². The second-order valence-electron chi connectivity index (χ2n) is 4.14. The van der Waals surface area contributed by atoms with Gasteiger partial charge in [-0.3, -0.25) is 4.79 Å². The number of ether oxygens (including phenoxy) is 1. The van der Waals surface area contributed by atoms with E-state index in [0.29, 0.717) is 19.6 Å². The quantitative estimate of drug-likeness (QED) is 0.805. The molecule has 90 valence electrons. The van der Waals surface area contributed by atoms with Gasteiger partial charge in [-0.15, -0.1) is 0 Å². The Morgan fingerprint density at radius 1 is 1.29 bits per heavy atom. The normalized spacial score (nSPS) is 19.8. The molecule has 1 aromatic carbocycles. The van der Waals surface area contributed by atoms with Gasteiger partial charge in [0.1, 0.15) is 0 Å². The number of carbonyl (C=O) groups is 1. The Morgan fingerprint density at radius 2 is 2.12 bits per heavy atom. The van der Waals surface area contributed by atoms with E-state index in [4.69, 9.17) is 4.74 Å². The van der Waals surface area contributed by atoms with Crippen LogP contribution < -0.4 is 5.32 Å². The Labute approximate surface area is 101 Å². The standard InChI is InChI=1S/C14H17NO2/c16-14-9-5-4-8-13(15-14)11-17-10-12-6-2-1-3-7-12/h1-4,6-8,13H,5,9-11H2,(H,15,16)/t13-/m0/s1. The van der Waals surface area contributed by atoms with E-state index in [1.165, 1.54) is 0 Å². The zero-order valence-electron chi connectivity index (χ0n) is 9.76. The minimum Gasteiger partial charge on any atom is -0.374 e. The maximum absolute atomic E-state index is 11.3. The molecular formula is C14H17NO2. The number of benzene rings is 1. The average molecular weight is 231 g/mol. The number of hydrogen-bond donors (Lipinski definition) is 1. The van der Waals surface area contributed by atoms with Crippen molar-refractivity contribution in [1.82, 2.24) is 5.32 Å². The molecule has 3 nitrogen and oxygen atoms in total. The van der Waals surface area contributed by atoms with Crippen LogP contribution in [0.2, 0.25) is 0 Å². The number of hydrogen-bond acceptors (Lipinski definition) is 2. The van der Waals surface area contributed by atoms with E-state index < -0.39 is 0 Å². The number of allylic oxidation sites excluding steroid dienone is 1. The van der Waals surface area contributed by atoms with Gasteiger partial charge in [-0.2, -0.15) is 0 Å². The highest BCUT2D eigenvalue weighted by Gasteiger charge is 2.11. The summed E-state index contributed by atoms with van der Waals surface area (Å²) < 4.78 is 5.60. The van der Waals surface area contributed by atoms with Crippen LogP contribution in [0.3, 0.4) is 0 Å². The van der Waals surface area contributed by atoms with Crippen molar-refractivity contribution in [2.75, 3.05) is 6.61 Å². The van der Waals surface area contributed by atoms with Gasteiger partial charge in [0.15, 0.2) is 0 Å². The fourth-order valence-corrected chi connectivity index (χ4v) is 1.78. The monoisotopic (exact) mass is 231 g/mol. The van der Waals surface area contributed by atoms with Gasteiger partial charge in [0, 0.05) is 6.42 Å². The molecular weight excluding hydrogens is 214 g/mol. The van der Waals surface area contributed by atoms with Gasteiger partial charge >= 0.3 is 0 Å². The molecule has 3 heteroatoms. The molecule has 0 bridgehead atoms. The maximum atomic E-state index is 11.3. The van der Waals surface area contributed by atoms with Gasteiger partial charge in [0.2, 0.25) is 5.91 Å². The molecule has 17 heavy (non-hydrogen) atoms. The molecule has 0 radical (unpaired) electrons. The summed E-state index contributed by atoms with van der Waals surface area (Å²) in [6.07, 6.45) is 5.44. The fourth-order valence-electron chi connectivity index (χ4n) is 1.78. The maximum Gasteiger partial charge on any atom is 0.220 e. The highest BCUT2D eigenvalue weighted by atomic mass is 16.5. The van der Waals surface area contributed by atoms with Gasteiger partial charge in [0.05, 0.1) is 19.3 Å². The third-order valence-electron chi connectivity index (χ3n) is 2.66. The lowest BCUT2D eigenvalue weighted by Gasteiger charge is -2.13. The third kappa shape index (κ3) is 4.04. The zero-order valence-corrected chi connectivity index (χ0v) is 9.76. The van der Waals surface area contributed by atoms with Gasteiger partial charge < -0.3 is 10.1 Å². The summed E-state index contributed by atoms with van der Waals surface area (Å²) in [5.41, 5.74) is 1.15. The second kappa shape index (κ2) is 6.21. The SMILES string of the molecule is O=C1CCC=C[C@@H](COCc2ccccc2)N1. The van der Waals surface area contributed by atoms with Crippen molar-refractivity contribution in [3.8, 4) is 0 Å². The van der Waals surface area contributed by atoms with E-state index >= 15 is 0 Å². The summed E-state index contributed by atoms with van der Waals surface area (Å²) in [4.78, 5) is 11.3. The van der Waals surface area contributed by atoms with Crippen LogP contribution >= 0.6 is 0 Å². The van der Waals surface area contributed by atoms with Crippen molar-refractivity contribution in [1.29, 1.82) is 0 Å².